The molecular weight excluding hydrogens is 781 g/mol. The second-order valence-corrected chi connectivity index (χ2v) is 14.3. The number of hydrogen-bond acceptors (Lipinski definition) is 12. The van der Waals surface area contributed by atoms with E-state index in [1.54, 1.807) is 58.0 Å². The van der Waals surface area contributed by atoms with Crippen molar-refractivity contribution in [2.24, 2.45) is 23.3 Å². The third kappa shape index (κ3) is 17.5. The Labute approximate surface area is 342 Å². The molecule has 0 aromatic heterocycles. The number of aliphatic hydroxyl groups is 1. The second kappa shape index (κ2) is 25.9. The van der Waals surface area contributed by atoms with Gasteiger partial charge in [-0.3, -0.25) is 38.4 Å². The summed E-state index contributed by atoms with van der Waals surface area (Å²) in [6.45, 7) is 5.96. The number of nitrogens with two attached hydrogens (primary N) is 2. The number of primary amides is 1. The third-order valence-corrected chi connectivity index (χ3v) is 9.79. The van der Waals surface area contributed by atoms with Crippen LogP contribution in [-0.2, 0) is 49.6 Å². The van der Waals surface area contributed by atoms with Crippen molar-refractivity contribution in [3.63, 3.8) is 0 Å². The summed E-state index contributed by atoms with van der Waals surface area (Å²) in [6, 6.07) is -1.33. The first-order valence-corrected chi connectivity index (χ1v) is 19.5. The average Bonchev–Trinajstić information content (AvgIpc) is 3.19. The van der Waals surface area contributed by atoms with Gasteiger partial charge in [-0.2, -0.15) is 12.6 Å². The Bertz CT molecular complexity index is 1590. The molecule has 0 aliphatic heterocycles. The predicted molar refractivity (Wildman–Crippen MR) is 212 cm³/mol. The number of aliphatic carboxylic acids is 2. The van der Waals surface area contributed by atoms with E-state index in [1.165, 1.54) is 0 Å². The molecule has 58 heavy (non-hydrogen) atoms. The lowest BCUT2D eigenvalue weighted by Crippen LogP contribution is -2.61. The smallest absolute Gasteiger partial charge is 0.326 e. The van der Waals surface area contributed by atoms with Gasteiger partial charge in [-0.1, -0.05) is 70.9 Å². The summed E-state index contributed by atoms with van der Waals surface area (Å²) in [5.41, 5.74) is 11.4. The number of amides is 7. The SMILES string of the molecule is CC[C@H](C)[C@H](NC(=O)[C@H](CCC(N)=O)NC(=O)[C@@H](NC(=O)[C@H](CS)NC(=O)[C@H](Cc1ccccc1)NC(=O)[C@H](CCC(=O)O)NC(=O)[C@@H](N)CO)[C@@H](C)CC)C(=O)O. The first kappa shape index (κ1) is 50.7. The van der Waals surface area contributed by atoms with Crippen LogP contribution < -0.4 is 43.4 Å². The number of carbonyl (C=O) groups excluding carboxylic acids is 7. The van der Waals surface area contributed by atoms with Gasteiger partial charge < -0.3 is 58.7 Å². The fraction of sp³-hybridized carbons (Fsp3) is 0.595. The molecule has 0 saturated carbocycles. The number of rotatable bonds is 27. The number of aliphatic hydroxyl groups excluding tert-OH is 1. The van der Waals surface area contributed by atoms with Gasteiger partial charge in [0.1, 0.15) is 42.3 Å². The Morgan fingerprint density at radius 3 is 1.59 bits per heavy atom. The van der Waals surface area contributed by atoms with Crippen LogP contribution in [0.1, 0.15) is 71.8 Å². The van der Waals surface area contributed by atoms with Gasteiger partial charge in [0.05, 0.1) is 6.61 Å². The van der Waals surface area contributed by atoms with Gasteiger partial charge >= 0.3 is 11.9 Å². The first-order chi connectivity index (χ1) is 27.3. The van der Waals surface area contributed by atoms with Crippen LogP contribution in [0.15, 0.2) is 30.3 Å². The van der Waals surface area contributed by atoms with Crippen LogP contribution in [0.25, 0.3) is 0 Å². The molecule has 0 bridgehead atoms. The van der Waals surface area contributed by atoms with Gasteiger partial charge in [0.25, 0.3) is 0 Å². The lowest BCUT2D eigenvalue weighted by Gasteiger charge is -2.29. The maximum absolute atomic E-state index is 13.8. The Balaban J connectivity index is 3.36. The fourth-order valence-corrected chi connectivity index (χ4v) is 5.66. The van der Waals surface area contributed by atoms with Crippen LogP contribution >= 0.6 is 12.6 Å². The average molecular weight is 839 g/mol. The minimum Gasteiger partial charge on any atom is -0.481 e. The predicted octanol–water partition coefficient (Wildman–Crippen LogP) is -2.31. The molecule has 0 unspecified atom stereocenters. The Morgan fingerprint density at radius 1 is 0.638 bits per heavy atom. The highest BCUT2D eigenvalue weighted by atomic mass is 32.1. The van der Waals surface area contributed by atoms with Gasteiger partial charge in [0.15, 0.2) is 0 Å². The maximum Gasteiger partial charge on any atom is 0.326 e. The molecule has 20 nitrogen and oxygen atoms in total. The largest absolute Gasteiger partial charge is 0.481 e. The highest BCUT2D eigenvalue weighted by molar-refractivity contribution is 7.80. The minimum absolute atomic E-state index is 0.124. The molecular formula is C37H58N8O12S. The van der Waals surface area contributed by atoms with E-state index in [0.29, 0.717) is 18.4 Å². The highest BCUT2D eigenvalue weighted by Gasteiger charge is 2.35. The number of carbonyl (C=O) groups is 9. The lowest BCUT2D eigenvalue weighted by molar-refractivity contribution is -0.144. The van der Waals surface area contributed by atoms with E-state index in [2.05, 4.69) is 44.5 Å². The van der Waals surface area contributed by atoms with E-state index in [9.17, 15) is 58.5 Å². The van der Waals surface area contributed by atoms with E-state index < -0.39 is 127 Å². The normalized spacial score (nSPS) is 15.6. The summed E-state index contributed by atoms with van der Waals surface area (Å²) in [7, 11) is 0. The van der Waals surface area contributed by atoms with E-state index in [0.717, 1.165) is 0 Å². The van der Waals surface area contributed by atoms with Crippen LogP contribution in [0.5, 0.6) is 0 Å². The van der Waals surface area contributed by atoms with Crippen molar-refractivity contribution in [1.29, 1.82) is 0 Å². The number of thiol groups is 1. The zero-order valence-corrected chi connectivity index (χ0v) is 34.0. The van der Waals surface area contributed by atoms with E-state index in [1.807, 2.05) is 0 Å². The molecule has 9 atom stereocenters. The van der Waals surface area contributed by atoms with Crippen LogP contribution in [0.4, 0.5) is 0 Å². The monoisotopic (exact) mass is 838 g/mol. The molecule has 0 fully saturated rings. The van der Waals surface area contributed by atoms with Gasteiger partial charge in [0.2, 0.25) is 41.4 Å². The van der Waals surface area contributed by atoms with E-state index in [-0.39, 0.29) is 25.0 Å². The van der Waals surface area contributed by atoms with Gasteiger partial charge in [0, 0.05) is 25.0 Å². The molecule has 0 spiro atoms. The summed E-state index contributed by atoms with van der Waals surface area (Å²) in [5.74, 6) is -10.1. The number of nitrogens with one attached hydrogen (secondary N) is 6. The molecule has 0 aliphatic rings. The van der Waals surface area contributed by atoms with Crippen LogP contribution in [0.3, 0.4) is 0 Å². The first-order valence-electron chi connectivity index (χ1n) is 18.9. The van der Waals surface area contributed by atoms with Crippen LogP contribution in [0.2, 0.25) is 0 Å². The van der Waals surface area contributed by atoms with Crippen LogP contribution in [-0.4, -0.2) is 123 Å². The van der Waals surface area contributed by atoms with Gasteiger partial charge in [-0.05, 0) is 30.2 Å². The van der Waals surface area contributed by atoms with Crippen molar-refractivity contribution in [3.05, 3.63) is 35.9 Å². The quantitative estimate of drug-likeness (QED) is 0.0415. The topological polar surface area (TPSA) is 339 Å². The van der Waals surface area contributed by atoms with Gasteiger partial charge in [-0.15, -0.1) is 0 Å². The zero-order valence-electron chi connectivity index (χ0n) is 33.1. The zero-order chi connectivity index (χ0) is 44.1. The molecule has 1 rings (SSSR count). The summed E-state index contributed by atoms with van der Waals surface area (Å²) < 4.78 is 0. The third-order valence-electron chi connectivity index (χ3n) is 9.43. The maximum atomic E-state index is 13.8. The molecule has 1 aromatic rings. The van der Waals surface area contributed by atoms with Crippen molar-refractivity contribution in [2.75, 3.05) is 12.4 Å². The summed E-state index contributed by atoms with van der Waals surface area (Å²) >= 11 is 4.22. The number of benzene rings is 1. The molecule has 21 heteroatoms. The van der Waals surface area contributed by atoms with Crippen molar-refractivity contribution < 1.29 is 58.5 Å². The molecule has 1 aromatic carbocycles. The van der Waals surface area contributed by atoms with Crippen LogP contribution in [0, 0.1) is 11.8 Å². The number of carboxylic acids is 2. The number of hydrogen-bond donors (Lipinski definition) is 12. The van der Waals surface area contributed by atoms with Crippen molar-refractivity contribution in [1.82, 2.24) is 31.9 Å². The lowest BCUT2D eigenvalue weighted by atomic mass is 9.96. The van der Waals surface area contributed by atoms with Crippen molar-refractivity contribution >= 4 is 65.9 Å². The van der Waals surface area contributed by atoms with Crippen molar-refractivity contribution in [2.45, 2.75) is 115 Å². The fourth-order valence-electron chi connectivity index (χ4n) is 5.41. The highest BCUT2D eigenvalue weighted by Crippen LogP contribution is 2.13. The molecule has 7 amide bonds. The van der Waals surface area contributed by atoms with E-state index in [4.69, 9.17) is 11.5 Å². The molecule has 0 saturated heterocycles. The molecule has 13 N–H and O–H groups in total. The summed E-state index contributed by atoms with van der Waals surface area (Å²) in [5, 5.41) is 42.9. The summed E-state index contributed by atoms with van der Waals surface area (Å²) in [4.78, 5) is 115. The Morgan fingerprint density at radius 2 is 1.09 bits per heavy atom. The van der Waals surface area contributed by atoms with E-state index >= 15 is 0 Å². The van der Waals surface area contributed by atoms with Gasteiger partial charge in [-0.25, -0.2) is 4.79 Å². The summed E-state index contributed by atoms with van der Waals surface area (Å²) in [6.07, 6.45) is -0.928. The molecule has 0 aliphatic carbocycles. The molecule has 324 valence electrons. The molecule has 0 radical (unpaired) electrons. The Hall–Kier alpha value is -5.28. The standard InChI is InChI=1S/C37H58N8O12S/c1-5-19(3)29(36(55)41-23(12-14-27(39)47)33(52)45-30(37(56)57)20(4)6-2)44-35(54)26(18-58)43-34(53)25(16-21-10-8-7-9-11-21)42-32(51)24(13-15-28(48)49)40-31(50)22(38)17-46/h7-11,19-20,22-26,29-30,46,58H,5-6,12-18,38H2,1-4H3,(H2,39,47)(H,40,50)(H,41,55)(H,42,51)(H,43,53)(H,44,54)(H,45,52)(H,48,49)(H,56,57)/t19-,20-,22-,23-,24-,25-,26-,29-,30-/m0/s1. The van der Waals surface area contributed by atoms with Crippen molar-refractivity contribution in [3.8, 4) is 0 Å². The number of carboxylic acid groups (broad SMARTS) is 2. The Kier molecular flexibility index (Phi) is 22.6. The minimum atomic E-state index is -1.48. The molecule has 0 heterocycles. The second-order valence-electron chi connectivity index (χ2n) is 13.9.